The number of piperazine rings is 1. The normalized spacial score (nSPS) is 20.6. The minimum Gasteiger partial charge on any atom is -0.428 e. The molecule has 0 aliphatic carbocycles. The molecule has 2 rings (SSSR count). The first kappa shape index (κ1) is 14.1. The van der Waals surface area contributed by atoms with Gasteiger partial charge in [-0.05, 0) is 17.7 Å². The lowest BCUT2D eigenvalue weighted by atomic mass is 10.1. The first-order chi connectivity index (χ1) is 8.99. The minimum atomic E-state index is -4.48. The molecule has 1 aliphatic rings. The summed E-state index contributed by atoms with van der Waals surface area (Å²) in [7, 11) is 0. The maximum atomic E-state index is 12.8. The van der Waals surface area contributed by atoms with Crippen LogP contribution < -0.4 is 15.4 Å². The van der Waals surface area contributed by atoms with E-state index in [0.717, 1.165) is 18.7 Å². The molecule has 0 radical (unpaired) electrons. The molecule has 0 unspecified atom stereocenters. The zero-order valence-electron chi connectivity index (χ0n) is 10.0. The highest BCUT2D eigenvalue weighted by molar-refractivity contribution is 5.31. The van der Waals surface area contributed by atoms with Crippen LogP contribution in [0.25, 0.3) is 0 Å². The summed E-state index contributed by atoms with van der Waals surface area (Å²) in [4.78, 5) is 0. The molecule has 106 valence electrons. The maximum absolute atomic E-state index is 12.8. The van der Waals surface area contributed by atoms with E-state index in [0.29, 0.717) is 6.54 Å². The van der Waals surface area contributed by atoms with Crippen LogP contribution in [0.15, 0.2) is 24.3 Å². The van der Waals surface area contributed by atoms with Crippen LogP contribution in [0, 0.1) is 0 Å². The quantitative estimate of drug-likeness (QED) is 0.828. The predicted octanol–water partition coefficient (Wildman–Crippen LogP) is 2.16. The smallest absolute Gasteiger partial charge is 0.428 e. The average molecular weight is 278 g/mol. The number of nitrogens with one attached hydrogen (secondary N) is 2. The molecule has 0 amide bonds. The lowest BCUT2D eigenvalue weighted by Gasteiger charge is -2.25. The topological polar surface area (TPSA) is 33.3 Å². The van der Waals surface area contributed by atoms with Crippen molar-refractivity contribution in [2.45, 2.75) is 18.6 Å². The van der Waals surface area contributed by atoms with Gasteiger partial charge in [0.2, 0.25) is 0 Å². The van der Waals surface area contributed by atoms with E-state index in [-0.39, 0.29) is 11.8 Å². The van der Waals surface area contributed by atoms with E-state index in [4.69, 9.17) is 0 Å². The Morgan fingerprint density at radius 3 is 2.68 bits per heavy atom. The first-order valence-electron chi connectivity index (χ1n) is 5.88. The first-order valence-corrected chi connectivity index (χ1v) is 5.88. The molecule has 1 aliphatic heterocycles. The van der Waals surface area contributed by atoms with E-state index in [1.165, 1.54) is 18.2 Å². The predicted molar refractivity (Wildman–Crippen MR) is 61.6 cm³/mol. The second kappa shape index (κ2) is 5.75. The summed E-state index contributed by atoms with van der Waals surface area (Å²) >= 11 is 0. The fourth-order valence-electron chi connectivity index (χ4n) is 1.89. The van der Waals surface area contributed by atoms with E-state index in [1.54, 1.807) is 6.07 Å². The Labute approximate surface area is 107 Å². The molecule has 1 aromatic rings. The number of alkyl halides is 4. The van der Waals surface area contributed by atoms with Crippen LogP contribution in [0.4, 0.5) is 17.6 Å². The molecule has 0 aromatic heterocycles. The van der Waals surface area contributed by atoms with Crippen LogP contribution in [-0.4, -0.2) is 32.2 Å². The monoisotopic (exact) mass is 278 g/mol. The zero-order valence-corrected chi connectivity index (χ0v) is 10.0. The van der Waals surface area contributed by atoms with Crippen LogP contribution in [-0.2, 0) is 0 Å². The fraction of sp³-hybridized carbons (Fsp3) is 0.500. The molecule has 19 heavy (non-hydrogen) atoms. The van der Waals surface area contributed by atoms with Crippen LogP contribution >= 0.6 is 0 Å². The van der Waals surface area contributed by atoms with Crippen molar-refractivity contribution < 1.29 is 22.3 Å². The van der Waals surface area contributed by atoms with E-state index in [2.05, 4.69) is 15.4 Å². The van der Waals surface area contributed by atoms with Gasteiger partial charge in [-0.25, -0.2) is 0 Å². The second-order valence-electron chi connectivity index (χ2n) is 4.25. The van der Waals surface area contributed by atoms with Crippen LogP contribution in [0.1, 0.15) is 11.6 Å². The van der Waals surface area contributed by atoms with Gasteiger partial charge in [0.1, 0.15) is 5.75 Å². The number of hydrogen-bond acceptors (Lipinski definition) is 3. The molecule has 3 nitrogen and oxygen atoms in total. The Morgan fingerprint density at radius 1 is 1.26 bits per heavy atom. The van der Waals surface area contributed by atoms with Crippen molar-refractivity contribution in [3.8, 4) is 5.75 Å². The third-order valence-electron chi connectivity index (χ3n) is 2.81. The van der Waals surface area contributed by atoms with Gasteiger partial charge in [0.25, 0.3) is 0 Å². The van der Waals surface area contributed by atoms with Gasteiger partial charge in [-0.3, -0.25) is 0 Å². The molecular formula is C12H14F4N2O. The third-order valence-corrected chi connectivity index (χ3v) is 2.81. The number of halogens is 4. The Bertz CT molecular complexity index is 422. The Morgan fingerprint density at radius 2 is 2.05 bits per heavy atom. The van der Waals surface area contributed by atoms with Gasteiger partial charge in [0.15, 0.2) is 0 Å². The molecule has 0 saturated carbocycles. The highest BCUT2D eigenvalue weighted by atomic mass is 19.3. The lowest BCUT2D eigenvalue weighted by Crippen LogP contribution is -2.42. The molecule has 2 N–H and O–H groups in total. The number of rotatable bonds is 4. The SMILES string of the molecule is FC(F)C(F)(F)Oc1cccc([C@H]2CNCCN2)c1. The fourth-order valence-corrected chi connectivity index (χ4v) is 1.89. The molecule has 1 atom stereocenters. The lowest BCUT2D eigenvalue weighted by molar-refractivity contribution is -0.253. The van der Waals surface area contributed by atoms with E-state index < -0.39 is 12.5 Å². The van der Waals surface area contributed by atoms with Gasteiger partial charge in [-0.2, -0.15) is 17.6 Å². The molecule has 0 spiro atoms. The van der Waals surface area contributed by atoms with E-state index in [9.17, 15) is 17.6 Å². The Hall–Kier alpha value is -1.34. The summed E-state index contributed by atoms with van der Waals surface area (Å²) in [5, 5.41) is 6.34. The molecule has 1 heterocycles. The maximum Gasteiger partial charge on any atom is 0.461 e. The van der Waals surface area contributed by atoms with Gasteiger partial charge in [-0.1, -0.05) is 12.1 Å². The van der Waals surface area contributed by atoms with Gasteiger partial charge in [-0.15, -0.1) is 0 Å². The average Bonchev–Trinajstić information content (AvgIpc) is 2.39. The molecule has 1 saturated heterocycles. The second-order valence-corrected chi connectivity index (χ2v) is 4.25. The highest BCUT2D eigenvalue weighted by Gasteiger charge is 2.44. The van der Waals surface area contributed by atoms with Crippen molar-refractivity contribution >= 4 is 0 Å². The summed E-state index contributed by atoms with van der Waals surface area (Å²) in [6.45, 7) is 2.23. The Balaban J connectivity index is 2.10. The standard InChI is InChI=1S/C12H14F4N2O/c13-11(14)12(15,16)19-9-3-1-2-8(6-9)10-7-17-4-5-18-10/h1-3,6,10-11,17-18H,4-5,7H2/t10-/m1/s1. The van der Waals surface area contributed by atoms with Crippen LogP contribution in [0.2, 0.25) is 0 Å². The molecule has 1 fully saturated rings. The zero-order chi connectivity index (χ0) is 13.9. The van der Waals surface area contributed by atoms with Crippen LogP contribution in [0.5, 0.6) is 5.75 Å². The highest BCUT2D eigenvalue weighted by Crippen LogP contribution is 2.29. The van der Waals surface area contributed by atoms with Gasteiger partial charge in [0, 0.05) is 25.7 Å². The van der Waals surface area contributed by atoms with Crippen molar-refractivity contribution in [3.63, 3.8) is 0 Å². The molecule has 7 heteroatoms. The van der Waals surface area contributed by atoms with Crippen molar-refractivity contribution in [3.05, 3.63) is 29.8 Å². The van der Waals surface area contributed by atoms with Crippen molar-refractivity contribution in [1.29, 1.82) is 0 Å². The van der Waals surface area contributed by atoms with E-state index >= 15 is 0 Å². The minimum absolute atomic E-state index is 0.0440. The summed E-state index contributed by atoms with van der Waals surface area (Å²) in [5.41, 5.74) is 0.717. The summed E-state index contributed by atoms with van der Waals surface area (Å²) in [6.07, 6.45) is -8.33. The van der Waals surface area contributed by atoms with Crippen molar-refractivity contribution in [2.75, 3.05) is 19.6 Å². The van der Waals surface area contributed by atoms with Crippen molar-refractivity contribution in [2.24, 2.45) is 0 Å². The van der Waals surface area contributed by atoms with Crippen molar-refractivity contribution in [1.82, 2.24) is 10.6 Å². The Kier molecular flexibility index (Phi) is 4.26. The van der Waals surface area contributed by atoms with Gasteiger partial charge in [0.05, 0.1) is 0 Å². The summed E-state index contributed by atoms with van der Waals surface area (Å²) in [6, 6.07) is 5.77. The molecule has 0 bridgehead atoms. The number of ether oxygens (including phenoxy) is 1. The molecule has 1 aromatic carbocycles. The largest absolute Gasteiger partial charge is 0.461 e. The van der Waals surface area contributed by atoms with Gasteiger partial charge >= 0.3 is 12.5 Å². The number of benzene rings is 1. The van der Waals surface area contributed by atoms with Gasteiger partial charge < -0.3 is 15.4 Å². The third kappa shape index (κ3) is 3.57. The summed E-state index contributed by atoms with van der Waals surface area (Å²) < 4.78 is 53.8. The molecular weight excluding hydrogens is 264 g/mol. The summed E-state index contributed by atoms with van der Waals surface area (Å²) in [5.74, 6) is -0.268. The number of hydrogen-bond donors (Lipinski definition) is 2. The van der Waals surface area contributed by atoms with Crippen LogP contribution in [0.3, 0.4) is 0 Å². The van der Waals surface area contributed by atoms with E-state index in [1.807, 2.05) is 0 Å².